The molecule has 2 aromatic rings. The Labute approximate surface area is 162 Å². The number of rotatable bonds is 7. The van der Waals surface area contributed by atoms with Gasteiger partial charge in [0, 0.05) is 30.5 Å². The predicted octanol–water partition coefficient (Wildman–Crippen LogP) is 3.30. The average Bonchev–Trinajstić information content (AvgIpc) is 3.30. The van der Waals surface area contributed by atoms with Gasteiger partial charge >= 0.3 is 6.18 Å². The number of halogens is 3. The van der Waals surface area contributed by atoms with Gasteiger partial charge in [-0.3, -0.25) is 14.2 Å². The third-order valence-corrected chi connectivity index (χ3v) is 5.11. The van der Waals surface area contributed by atoms with Gasteiger partial charge < -0.3 is 5.32 Å². The number of alkyl halides is 3. The summed E-state index contributed by atoms with van der Waals surface area (Å²) in [6.45, 7) is 6.76. The molecule has 9 heteroatoms. The van der Waals surface area contributed by atoms with E-state index in [1.165, 1.54) is 4.68 Å². The molecule has 0 aliphatic heterocycles. The van der Waals surface area contributed by atoms with E-state index in [1.807, 2.05) is 30.8 Å². The Hall–Kier alpha value is -2.32. The maximum Gasteiger partial charge on any atom is 0.435 e. The van der Waals surface area contributed by atoms with E-state index in [9.17, 15) is 18.0 Å². The Morgan fingerprint density at radius 1 is 1.32 bits per heavy atom. The van der Waals surface area contributed by atoms with Crippen LogP contribution in [0.15, 0.2) is 12.3 Å². The van der Waals surface area contributed by atoms with E-state index in [0.717, 1.165) is 5.69 Å². The van der Waals surface area contributed by atoms with Gasteiger partial charge in [0.1, 0.15) is 6.04 Å². The highest BCUT2D eigenvalue weighted by atomic mass is 19.4. The first-order valence-electron chi connectivity index (χ1n) is 9.66. The minimum atomic E-state index is -4.50. The monoisotopic (exact) mass is 397 g/mol. The number of hydrogen-bond donors (Lipinski definition) is 1. The van der Waals surface area contributed by atoms with Gasteiger partial charge in [-0.1, -0.05) is 13.8 Å². The lowest BCUT2D eigenvalue weighted by molar-refractivity contribution is -0.142. The molecular formula is C19H26F3N5O. The highest BCUT2D eigenvalue weighted by molar-refractivity contribution is 5.80. The molecule has 1 aliphatic carbocycles. The summed E-state index contributed by atoms with van der Waals surface area (Å²) in [5, 5.41) is 11.0. The van der Waals surface area contributed by atoms with E-state index in [2.05, 4.69) is 15.5 Å². The fourth-order valence-electron chi connectivity index (χ4n) is 3.76. The van der Waals surface area contributed by atoms with E-state index < -0.39 is 17.9 Å². The summed E-state index contributed by atoms with van der Waals surface area (Å²) in [6, 6.07) is 1.18. The molecular weight excluding hydrogens is 371 g/mol. The van der Waals surface area contributed by atoms with Crippen molar-refractivity contribution in [1.29, 1.82) is 0 Å². The quantitative estimate of drug-likeness (QED) is 0.780. The first-order chi connectivity index (χ1) is 13.2. The summed E-state index contributed by atoms with van der Waals surface area (Å²) in [5.41, 5.74) is 0.888. The molecule has 1 aliphatic rings. The molecule has 0 spiro atoms. The van der Waals surface area contributed by atoms with Crippen molar-refractivity contribution in [3.8, 4) is 0 Å². The summed E-state index contributed by atoms with van der Waals surface area (Å²) in [6.07, 6.45) is -0.683. The molecule has 6 nitrogen and oxygen atoms in total. The molecule has 0 saturated heterocycles. The van der Waals surface area contributed by atoms with Crippen LogP contribution in [-0.4, -0.2) is 32.0 Å². The molecule has 1 amide bonds. The zero-order valence-corrected chi connectivity index (χ0v) is 16.4. The van der Waals surface area contributed by atoms with Gasteiger partial charge in [0.25, 0.3) is 0 Å². The standard InChI is InChI=1S/C19H26F3N5O/c1-4-15(18(28)23-10-12(2)11-26-9-8-13(3)24-26)27-16-7-5-6-14(16)17(25-27)19(20,21)22/h8-9,12,15H,4-7,10-11H2,1-3H3,(H,23,28)/t12-,15-/m0/s1. The average molecular weight is 397 g/mol. The predicted molar refractivity (Wildman–Crippen MR) is 97.7 cm³/mol. The molecule has 0 saturated carbocycles. The molecule has 1 N–H and O–H groups in total. The summed E-state index contributed by atoms with van der Waals surface area (Å²) < 4.78 is 43.0. The maximum absolute atomic E-state index is 13.3. The number of aryl methyl sites for hydroxylation is 1. The Balaban J connectivity index is 1.69. The van der Waals surface area contributed by atoms with Gasteiger partial charge in [-0.2, -0.15) is 23.4 Å². The molecule has 3 rings (SSSR count). The van der Waals surface area contributed by atoms with Gasteiger partial charge in [-0.05, 0) is 44.6 Å². The second-order valence-corrected chi connectivity index (χ2v) is 7.52. The first kappa shape index (κ1) is 20.4. The zero-order chi connectivity index (χ0) is 20.5. The van der Waals surface area contributed by atoms with Crippen molar-refractivity contribution < 1.29 is 18.0 Å². The van der Waals surface area contributed by atoms with E-state index in [0.29, 0.717) is 44.5 Å². The molecule has 28 heavy (non-hydrogen) atoms. The highest BCUT2D eigenvalue weighted by Gasteiger charge is 2.41. The number of aromatic nitrogens is 4. The third-order valence-electron chi connectivity index (χ3n) is 5.11. The Bertz CT molecular complexity index is 839. The van der Waals surface area contributed by atoms with Crippen molar-refractivity contribution in [2.24, 2.45) is 5.92 Å². The van der Waals surface area contributed by atoms with Crippen LogP contribution in [0.25, 0.3) is 0 Å². The maximum atomic E-state index is 13.3. The number of carbonyl (C=O) groups is 1. The zero-order valence-electron chi connectivity index (χ0n) is 16.4. The number of nitrogens with one attached hydrogen (secondary N) is 1. The second kappa shape index (κ2) is 7.97. The Kier molecular flexibility index (Phi) is 5.81. The molecule has 2 atom stereocenters. The number of hydrogen-bond acceptors (Lipinski definition) is 3. The molecule has 0 fully saturated rings. The van der Waals surface area contributed by atoms with Crippen molar-refractivity contribution in [2.45, 2.75) is 65.2 Å². The van der Waals surface area contributed by atoms with E-state index in [-0.39, 0.29) is 17.4 Å². The van der Waals surface area contributed by atoms with Gasteiger partial charge in [0.05, 0.1) is 5.69 Å². The third kappa shape index (κ3) is 4.23. The van der Waals surface area contributed by atoms with Crippen LogP contribution in [0.3, 0.4) is 0 Å². The van der Waals surface area contributed by atoms with Crippen molar-refractivity contribution in [2.75, 3.05) is 6.54 Å². The topological polar surface area (TPSA) is 64.7 Å². The van der Waals surface area contributed by atoms with Crippen molar-refractivity contribution in [3.05, 3.63) is 34.9 Å². The molecule has 0 bridgehead atoms. The molecule has 2 heterocycles. The van der Waals surface area contributed by atoms with E-state index in [1.54, 1.807) is 6.92 Å². The molecule has 154 valence electrons. The Morgan fingerprint density at radius 3 is 2.68 bits per heavy atom. The van der Waals surface area contributed by atoms with Crippen LogP contribution in [0.5, 0.6) is 0 Å². The Morgan fingerprint density at radius 2 is 2.07 bits per heavy atom. The van der Waals surface area contributed by atoms with E-state index in [4.69, 9.17) is 0 Å². The molecule has 0 aromatic carbocycles. The normalized spacial score (nSPS) is 16.1. The van der Waals surface area contributed by atoms with Gasteiger partial charge in [0.2, 0.25) is 5.91 Å². The van der Waals surface area contributed by atoms with Gasteiger partial charge in [-0.15, -0.1) is 0 Å². The SMILES string of the molecule is CC[C@@H](C(=O)NC[C@H](C)Cn1ccc(C)n1)n1nc(C(F)(F)F)c2c1CCC2. The lowest BCUT2D eigenvalue weighted by Gasteiger charge is -2.20. The van der Waals surface area contributed by atoms with Crippen molar-refractivity contribution in [3.63, 3.8) is 0 Å². The van der Waals surface area contributed by atoms with Crippen LogP contribution >= 0.6 is 0 Å². The summed E-state index contributed by atoms with van der Waals surface area (Å²) in [5.74, 6) is -0.160. The summed E-state index contributed by atoms with van der Waals surface area (Å²) in [4.78, 5) is 12.7. The van der Waals surface area contributed by atoms with E-state index >= 15 is 0 Å². The fourth-order valence-corrected chi connectivity index (χ4v) is 3.76. The number of nitrogens with zero attached hydrogens (tertiary/aromatic N) is 4. The van der Waals surface area contributed by atoms with Crippen molar-refractivity contribution >= 4 is 5.91 Å². The first-order valence-corrected chi connectivity index (χ1v) is 9.66. The number of carbonyl (C=O) groups excluding carboxylic acids is 1. The molecule has 2 aromatic heterocycles. The second-order valence-electron chi connectivity index (χ2n) is 7.52. The number of fused-ring (bicyclic) bond motifs is 1. The summed E-state index contributed by atoms with van der Waals surface area (Å²) in [7, 11) is 0. The van der Waals surface area contributed by atoms with Crippen LogP contribution < -0.4 is 5.32 Å². The van der Waals surface area contributed by atoms with Crippen LogP contribution in [0.4, 0.5) is 13.2 Å². The lowest BCUT2D eigenvalue weighted by atomic mass is 10.1. The van der Waals surface area contributed by atoms with Gasteiger partial charge in [-0.25, -0.2) is 0 Å². The minimum Gasteiger partial charge on any atom is -0.354 e. The fraction of sp³-hybridized carbons (Fsp3) is 0.632. The van der Waals surface area contributed by atoms with Gasteiger partial charge in [0.15, 0.2) is 5.69 Å². The largest absolute Gasteiger partial charge is 0.435 e. The van der Waals surface area contributed by atoms with Crippen molar-refractivity contribution in [1.82, 2.24) is 24.9 Å². The minimum absolute atomic E-state index is 0.134. The molecule has 0 radical (unpaired) electrons. The number of amides is 1. The summed E-state index contributed by atoms with van der Waals surface area (Å²) >= 11 is 0. The highest BCUT2D eigenvalue weighted by Crippen LogP contribution is 2.37. The van der Waals surface area contributed by atoms with Crippen LogP contribution in [0, 0.1) is 12.8 Å². The van der Waals surface area contributed by atoms with Crippen LogP contribution in [0.2, 0.25) is 0 Å². The lowest BCUT2D eigenvalue weighted by Crippen LogP contribution is -2.36. The van der Waals surface area contributed by atoms with Crippen LogP contribution in [0.1, 0.15) is 55.4 Å². The smallest absolute Gasteiger partial charge is 0.354 e. The van der Waals surface area contributed by atoms with Crippen LogP contribution in [-0.2, 0) is 30.4 Å². The molecule has 0 unspecified atom stereocenters.